The summed E-state index contributed by atoms with van der Waals surface area (Å²) in [6.07, 6.45) is 7.76. The average molecular weight is 356 g/mol. The minimum absolute atomic E-state index is 0.633. The van der Waals surface area contributed by atoms with Crippen LogP contribution < -0.4 is 0 Å². The molecule has 0 saturated heterocycles. The largest absolute Gasteiger partial charge is 0.328 e. The molecule has 4 heteroatoms. The number of nitrogens with zero attached hydrogens (tertiary/aromatic N) is 2. The molecule has 1 heterocycles. The van der Waals surface area contributed by atoms with Crippen molar-refractivity contribution in [1.29, 1.82) is 0 Å². The molecule has 1 aromatic heterocycles. The number of aromatic nitrogens is 2. The molecule has 108 valence electrons. The first-order valence-corrected chi connectivity index (χ1v) is 8.81. The summed E-state index contributed by atoms with van der Waals surface area (Å²) < 4.78 is 3.46. The van der Waals surface area contributed by atoms with E-state index < -0.39 is 0 Å². The molecule has 0 N–H and O–H groups in total. The molecule has 0 radical (unpaired) electrons. The molecular weight excluding hydrogens is 336 g/mol. The highest BCUT2D eigenvalue weighted by atomic mass is 79.9. The van der Waals surface area contributed by atoms with Crippen LogP contribution in [0.4, 0.5) is 0 Å². The van der Waals surface area contributed by atoms with Crippen LogP contribution in [0.25, 0.3) is 11.0 Å². The van der Waals surface area contributed by atoms with Crippen molar-refractivity contribution in [1.82, 2.24) is 9.55 Å². The molecule has 0 unspecified atom stereocenters. The Balaban J connectivity index is 1.87. The maximum absolute atomic E-state index is 5.93. The Morgan fingerprint density at radius 3 is 2.85 bits per heavy atom. The van der Waals surface area contributed by atoms with E-state index >= 15 is 0 Å². The fourth-order valence-electron chi connectivity index (χ4n) is 3.29. The lowest BCUT2D eigenvalue weighted by atomic mass is 10.0. The van der Waals surface area contributed by atoms with Crippen molar-refractivity contribution in [2.45, 2.75) is 45.1 Å². The van der Waals surface area contributed by atoms with E-state index in [4.69, 9.17) is 16.6 Å². The number of halogens is 2. The van der Waals surface area contributed by atoms with E-state index in [2.05, 4.69) is 38.7 Å². The molecule has 0 aliphatic heterocycles. The van der Waals surface area contributed by atoms with Gasteiger partial charge in [-0.05, 0) is 30.5 Å². The first-order valence-electron chi connectivity index (χ1n) is 7.48. The molecule has 2 nitrogen and oxygen atoms in total. The van der Waals surface area contributed by atoms with Crippen LogP contribution in [0, 0.1) is 5.92 Å². The van der Waals surface area contributed by atoms with Gasteiger partial charge in [0.15, 0.2) is 0 Å². The number of hydrogen-bond acceptors (Lipinski definition) is 1. The van der Waals surface area contributed by atoms with Gasteiger partial charge in [-0.25, -0.2) is 4.98 Å². The van der Waals surface area contributed by atoms with E-state index in [-0.39, 0.29) is 0 Å². The molecule has 2 aromatic rings. The molecule has 0 spiro atoms. The van der Waals surface area contributed by atoms with Gasteiger partial charge in [0.1, 0.15) is 5.82 Å². The summed E-state index contributed by atoms with van der Waals surface area (Å²) in [5, 5.41) is 0. The van der Waals surface area contributed by atoms with Crippen LogP contribution in [-0.4, -0.2) is 15.4 Å². The lowest BCUT2D eigenvalue weighted by Crippen LogP contribution is -2.08. The number of imidazole rings is 1. The van der Waals surface area contributed by atoms with Gasteiger partial charge in [-0.2, -0.15) is 0 Å². The summed E-state index contributed by atoms with van der Waals surface area (Å²) in [5.41, 5.74) is 2.32. The van der Waals surface area contributed by atoms with Gasteiger partial charge in [-0.3, -0.25) is 0 Å². The maximum atomic E-state index is 5.93. The Labute approximate surface area is 133 Å². The van der Waals surface area contributed by atoms with Crippen LogP contribution in [0.5, 0.6) is 0 Å². The highest BCUT2D eigenvalue weighted by Gasteiger charge is 2.17. The summed E-state index contributed by atoms with van der Waals surface area (Å²) in [6.45, 7) is 1.08. The van der Waals surface area contributed by atoms with Crippen LogP contribution >= 0.6 is 27.5 Å². The highest BCUT2D eigenvalue weighted by molar-refractivity contribution is 9.10. The smallest absolute Gasteiger partial charge is 0.111 e. The van der Waals surface area contributed by atoms with Crippen LogP contribution in [-0.2, 0) is 13.0 Å². The highest BCUT2D eigenvalue weighted by Crippen LogP contribution is 2.29. The Hall–Kier alpha value is -0.540. The summed E-state index contributed by atoms with van der Waals surface area (Å²) in [4.78, 5) is 4.76. The summed E-state index contributed by atoms with van der Waals surface area (Å²) in [5.74, 6) is 2.67. The SMILES string of the molecule is ClCCc1nc2cc(Br)ccc2n1CCC1CCCC1. The quantitative estimate of drug-likeness (QED) is 0.677. The minimum Gasteiger partial charge on any atom is -0.328 e. The van der Waals surface area contributed by atoms with Gasteiger partial charge in [0.2, 0.25) is 0 Å². The molecule has 1 aliphatic rings. The van der Waals surface area contributed by atoms with Crippen LogP contribution in [0.2, 0.25) is 0 Å². The van der Waals surface area contributed by atoms with Crippen molar-refractivity contribution < 1.29 is 0 Å². The maximum Gasteiger partial charge on any atom is 0.111 e. The molecule has 1 aliphatic carbocycles. The van der Waals surface area contributed by atoms with Crippen LogP contribution in [0.15, 0.2) is 22.7 Å². The molecule has 1 aromatic carbocycles. The molecule has 20 heavy (non-hydrogen) atoms. The van der Waals surface area contributed by atoms with Crippen molar-refractivity contribution in [2.24, 2.45) is 5.92 Å². The number of rotatable bonds is 5. The van der Waals surface area contributed by atoms with Crippen molar-refractivity contribution in [2.75, 3.05) is 5.88 Å². The monoisotopic (exact) mass is 354 g/mol. The van der Waals surface area contributed by atoms with Crippen molar-refractivity contribution >= 4 is 38.6 Å². The van der Waals surface area contributed by atoms with E-state index in [1.54, 1.807) is 0 Å². The fourth-order valence-corrected chi connectivity index (χ4v) is 3.81. The molecule has 3 rings (SSSR count). The Morgan fingerprint density at radius 1 is 1.30 bits per heavy atom. The van der Waals surface area contributed by atoms with Gasteiger partial charge in [0.25, 0.3) is 0 Å². The predicted molar refractivity (Wildman–Crippen MR) is 88.4 cm³/mol. The summed E-state index contributed by atoms with van der Waals surface area (Å²) in [6, 6.07) is 6.36. The van der Waals surface area contributed by atoms with Gasteiger partial charge >= 0.3 is 0 Å². The zero-order chi connectivity index (χ0) is 13.9. The fraction of sp³-hybridized carbons (Fsp3) is 0.562. The summed E-state index contributed by atoms with van der Waals surface area (Å²) >= 11 is 9.45. The second-order valence-electron chi connectivity index (χ2n) is 5.69. The van der Waals surface area contributed by atoms with E-state index in [0.717, 1.165) is 34.7 Å². The number of alkyl halides is 1. The molecule has 0 amide bonds. The third-order valence-electron chi connectivity index (χ3n) is 4.34. The average Bonchev–Trinajstić information content (AvgIpc) is 3.04. The van der Waals surface area contributed by atoms with Gasteiger partial charge in [0.05, 0.1) is 11.0 Å². The van der Waals surface area contributed by atoms with E-state index in [0.29, 0.717) is 5.88 Å². The first-order chi connectivity index (χ1) is 9.78. The van der Waals surface area contributed by atoms with Gasteiger partial charge in [-0.15, -0.1) is 11.6 Å². The van der Waals surface area contributed by atoms with Gasteiger partial charge in [-0.1, -0.05) is 41.6 Å². The number of aryl methyl sites for hydroxylation is 2. The number of benzene rings is 1. The molecular formula is C16H20BrClN2. The molecule has 0 bridgehead atoms. The Morgan fingerprint density at radius 2 is 2.10 bits per heavy atom. The van der Waals surface area contributed by atoms with Gasteiger partial charge < -0.3 is 4.57 Å². The zero-order valence-corrected chi connectivity index (χ0v) is 14.0. The standard InChI is InChI=1S/C16H20BrClN2/c17-13-5-6-15-14(11-13)19-16(7-9-18)20(15)10-8-12-3-1-2-4-12/h5-6,11-12H,1-4,7-10H2. The van der Waals surface area contributed by atoms with Crippen molar-refractivity contribution in [3.8, 4) is 0 Å². The van der Waals surface area contributed by atoms with E-state index in [9.17, 15) is 0 Å². The third-order valence-corrected chi connectivity index (χ3v) is 5.03. The zero-order valence-electron chi connectivity index (χ0n) is 11.6. The lowest BCUT2D eigenvalue weighted by Gasteiger charge is -2.12. The van der Waals surface area contributed by atoms with E-state index in [1.807, 2.05) is 0 Å². The topological polar surface area (TPSA) is 17.8 Å². The first kappa shape index (κ1) is 14.4. The number of hydrogen-bond donors (Lipinski definition) is 0. The van der Waals surface area contributed by atoms with E-state index in [1.165, 1.54) is 37.6 Å². The Kier molecular flexibility index (Phi) is 4.67. The third kappa shape index (κ3) is 3.04. The van der Waals surface area contributed by atoms with Crippen molar-refractivity contribution in [3.05, 3.63) is 28.5 Å². The predicted octanol–water partition coefficient (Wildman–Crippen LogP) is 5.16. The second-order valence-corrected chi connectivity index (χ2v) is 6.98. The number of fused-ring (bicyclic) bond motifs is 1. The van der Waals surface area contributed by atoms with Gasteiger partial charge in [0, 0.05) is 23.3 Å². The Bertz CT molecular complexity index is 587. The lowest BCUT2D eigenvalue weighted by molar-refractivity contribution is 0.457. The second kappa shape index (κ2) is 6.48. The normalized spacial score (nSPS) is 16.3. The van der Waals surface area contributed by atoms with Crippen LogP contribution in [0.1, 0.15) is 37.9 Å². The minimum atomic E-state index is 0.633. The summed E-state index contributed by atoms with van der Waals surface area (Å²) in [7, 11) is 0. The molecule has 0 atom stereocenters. The van der Waals surface area contributed by atoms with Crippen molar-refractivity contribution in [3.63, 3.8) is 0 Å². The molecule has 1 saturated carbocycles. The molecule has 1 fully saturated rings. The van der Waals surface area contributed by atoms with Crippen LogP contribution in [0.3, 0.4) is 0 Å².